The molecule has 0 fully saturated rings. The lowest BCUT2D eigenvalue weighted by atomic mass is 10.1. The molecule has 106 valence electrons. The van der Waals surface area contributed by atoms with Gasteiger partial charge in [-0.1, -0.05) is 28.1 Å². The molecule has 2 aromatic carbocycles. The smallest absolute Gasteiger partial charge is 0.161 e. The summed E-state index contributed by atoms with van der Waals surface area (Å²) in [6.45, 7) is 2.04. The lowest BCUT2D eigenvalue weighted by Crippen LogP contribution is -2.19. The van der Waals surface area contributed by atoms with E-state index in [2.05, 4.69) is 21.2 Å². The highest BCUT2D eigenvalue weighted by atomic mass is 79.9. The van der Waals surface area contributed by atoms with Crippen LogP contribution in [0.25, 0.3) is 0 Å². The first-order valence-electron chi connectivity index (χ1n) is 6.09. The van der Waals surface area contributed by atoms with Crippen molar-refractivity contribution in [2.24, 2.45) is 0 Å². The largest absolute Gasteiger partial charge is 0.306 e. The standard InChI is InChI=1S/C15H13BrF3N/c1-9(10-3-2-4-12(16)5-10)20-8-11-6-14(18)15(19)7-13(11)17/h2-7,9,20H,8H2,1H3. The lowest BCUT2D eigenvalue weighted by Gasteiger charge is -2.15. The van der Waals surface area contributed by atoms with E-state index in [-0.39, 0.29) is 18.2 Å². The molecule has 0 radical (unpaired) electrons. The zero-order chi connectivity index (χ0) is 14.7. The fourth-order valence-electron chi connectivity index (χ4n) is 1.86. The van der Waals surface area contributed by atoms with Crippen LogP contribution in [0.4, 0.5) is 13.2 Å². The van der Waals surface area contributed by atoms with Gasteiger partial charge in [0.05, 0.1) is 0 Å². The molecule has 5 heteroatoms. The van der Waals surface area contributed by atoms with Gasteiger partial charge in [-0.15, -0.1) is 0 Å². The summed E-state index contributed by atoms with van der Waals surface area (Å²) in [6, 6.07) is 9.09. The van der Waals surface area contributed by atoms with Gasteiger partial charge in [-0.2, -0.15) is 0 Å². The van der Waals surface area contributed by atoms with Crippen LogP contribution in [0.3, 0.4) is 0 Å². The van der Waals surface area contributed by atoms with Gasteiger partial charge in [0.15, 0.2) is 11.6 Å². The minimum absolute atomic E-state index is 0.0417. The minimum Gasteiger partial charge on any atom is -0.306 e. The number of rotatable bonds is 4. The maximum absolute atomic E-state index is 13.5. The molecule has 0 aliphatic heterocycles. The maximum atomic E-state index is 13.5. The summed E-state index contributed by atoms with van der Waals surface area (Å²) in [6.07, 6.45) is 0. The lowest BCUT2D eigenvalue weighted by molar-refractivity contribution is 0.482. The van der Waals surface area contributed by atoms with Gasteiger partial charge in [0.25, 0.3) is 0 Å². The molecule has 2 aromatic rings. The van der Waals surface area contributed by atoms with Gasteiger partial charge in [0.2, 0.25) is 0 Å². The molecule has 1 nitrogen and oxygen atoms in total. The van der Waals surface area contributed by atoms with Crippen LogP contribution in [-0.4, -0.2) is 0 Å². The summed E-state index contributed by atoms with van der Waals surface area (Å²) in [5.74, 6) is -2.97. The van der Waals surface area contributed by atoms with Crippen LogP contribution in [0.1, 0.15) is 24.1 Å². The summed E-state index contributed by atoms with van der Waals surface area (Å²) in [5, 5.41) is 3.08. The summed E-state index contributed by atoms with van der Waals surface area (Å²) >= 11 is 3.38. The zero-order valence-corrected chi connectivity index (χ0v) is 12.3. The molecule has 0 bridgehead atoms. The van der Waals surface area contributed by atoms with Gasteiger partial charge in [0, 0.05) is 28.7 Å². The molecule has 2 rings (SSSR count). The molecule has 0 saturated carbocycles. The van der Waals surface area contributed by atoms with E-state index in [1.165, 1.54) is 0 Å². The normalized spacial score (nSPS) is 12.4. The second-order valence-electron chi connectivity index (χ2n) is 4.52. The average molecular weight is 344 g/mol. The number of halogens is 4. The van der Waals surface area contributed by atoms with Crippen molar-refractivity contribution in [3.05, 3.63) is 69.4 Å². The Morgan fingerprint density at radius 1 is 1.05 bits per heavy atom. The topological polar surface area (TPSA) is 12.0 Å². The molecular weight excluding hydrogens is 331 g/mol. The highest BCUT2D eigenvalue weighted by molar-refractivity contribution is 9.10. The van der Waals surface area contributed by atoms with Gasteiger partial charge < -0.3 is 5.32 Å². The van der Waals surface area contributed by atoms with Crippen molar-refractivity contribution in [3.63, 3.8) is 0 Å². The average Bonchev–Trinajstić information content (AvgIpc) is 2.41. The third-order valence-corrected chi connectivity index (χ3v) is 3.53. The molecule has 0 aliphatic carbocycles. The van der Waals surface area contributed by atoms with E-state index in [1.54, 1.807) is 0 Å². The predicted molar refractivity (Wildman–Crippen MR) is 75.7 cm³/mol. The van der Waals surface area contributed by atoms with Gasteiger partial charge in [-0.25, -0.2) is 13.2 Å². The second-order valence-corrected chi connectivity index (χ2v) is 5.43. The third kappa shape index (κ3) is 3.61. The Hall–Kier alpha value is -1.33. The van der Waals surface area contributed by atoms with Crippen LogP contribution in [0.2, 0.25) is 0 Å². The summed E-state index contributed by atoms with van der Waals surface area (Å²) in [4.78, 5) is 0. The van der Waals surface area contributed by atoms with Crippen molar-refractivity contribution in [1.82, 2.24) is 5.32 Å². The Balaban J connectivity index is 2.07. The molecule has 0 aliphatic rings. The molecule has 20 heavy (non-hydrogen) atoms. The maximum Gasteiger partial charge on any atom is 0.161 e. The van der Waals surface area contributed by atoms with Crippen molar-refractivity contribution in [2.75, 3.05) is 0 Å². The molecular formula is C15H13BrF3N. The van der Waals surface area contributed by atoms with E-state index >= 15 is 0 Å². The van der Waals surface area contributed by atoms with Crippen LogP contribution in [0, 0.1) is 17.5 Å². The molecule has 0 amide bonds. The van der Waals surface area contributed by atoms with E-state index in [4.69, 9.17) is 0 Å². The van der Waals surface area contributed by atoms with Crippen molar-refractivity contribution in [1.29, 1.82) is 0 Å². The number of hydrogen-bond acceptors (Lipinski definition) is 1. The quantitative estimate of drug-likeness (QED) is 0.792. The van der Waals surface area contributed by atoms with Gasteiger partial charge >= 0.3 is 0 Å². The number of hydrogen-bond donors (Lipinski definition) is 1. The molecule has 1 atom stereocenters. The third-order valence-electron chi connectivity index (χ3n) is 3.04. The molecule has 0 saturated heterocycles. The number of nitrogens with one attached hydrogen (secondary N) is 1. The molecule has 0 heterocycles. The molecule has 0 spiro atoms. The zero-order valence-electron chi connectivity index (χ0n) is 10.8. The van der Waals surface area contributed by atoms with Crippen molar-refractivity contribution < 1.29 is 13.2 Å². The monoisotopic (exact) mass is 343 g/mol. The fourth-order valence-corrected chi connectivity index (χ4v) is 2.27. The Morgan fingerprint density at radius 3 is 2.45 bits per heavy atom. The minimum atomic E-state index is -1.17. The molecule has 1 unspecified atom stereocenters. The highest BCUT2D eigenvalue weighted by Crippen LogP contribution is 2.19. The van der Waals surface area contributed by atoms with Crippen molar-refractivity contribution >= 4 is 15.9 Å². The first kappa shape index (κ1) is 15.1. The van der Waals surface area contributed by atoms with E-state index in [1.807, 2.05) is 31.2 Å². The van der Waals surface area contributed by atoms with Gasteiger partial charge in [0.1, 0.15) is 5.82 Å². The van der Waals surface area contributed by atoms with Crippen LogP contribution >= 0.6 is 15.9 Å². The SMILES string of the molecule is CC(NCc1cc(F)c(F)cc1F)c1cccc(Br)c1. The van der Waals surface area contributed by atoms with Crippen LogP contribution < -0.4 is 5.32 Å². The van der Waals surface area contributed by atoms with Crippen molar-refractivity contribution in [2.45, 2.75) is 19.5 Å². The highest BCUT2D eigenvalue weighted by Gasteiger charge is 2.11. The first-order valence-corrected chi connectivity index (χ1v) is 6.89. The Morgan fingerprint density at radius 2 is 1.75 bits per heavy atom. The van der Waals surface area contributed by atoms with E-state index < -0.39 is 17.5 Å². The summed E-state index contributed by atoms with van der Waals surface area (Å²) in [5.41, 5.74) is 1.12. The Kier molecular flexibility index (Phi) is 4.83. The van der Waals surface area contributed by atoms with Gasteiger partial charge in [-0.05, 0) is 30.7 Å². The molecule has 0 aromatic heterocycles. The Bertz CT molecular complexity index is 616. The van der Waals surface area contributed by atoms with E-state index in [9.17, 15) is 13.2 Å². The summed E-state index contributed by atoms with van der Waals surface area (Å²) in [7, 11) is 0. The fraction of sp³-hybridized carbons (Fsp3) is 0.200. The summed E-state index contributed by atoms with van der Waals surface area (Å²) < 4.78 is 40.4. The van der Waals surface area contributed by atoms with Crippen LogP contribution in [0.15, 0.2) is 40.9 Å². The Labute approximate surface area is 123 Å². The van der Waals surface area contributed by atoms with Crippen LogP contribution in [-0.2, 0) is 6.54 Å². The van der Waals surface area contributed by atoms with E-state index in [0.29, 0.717) is 6.07 Å². The molecule has 1 N–H and O–H groups in total. The van der Waals surface area contributed by atoms with Gasteiger partial charge in [-0.3, -0.25) is 0 Å². The first-order chi connectivity index (χ1) is 9.47. The second kappa shape index (κ2) is 6.41. The van der Waals surface area contributed by atoms with E-state index in [0.717, 1.165) is 16.1 Å². The van der Waals surface area contributed by atoms with Crippen LogP contribution in [0.5, 0.6) is 0 Å². The van der Waals surface area contributed by atoms with Crippen molar-refractivity contribution in [3.8, 4) is 0 Å². The predicted octanol–water partition coefficient (Wildman–Crippen LogP) is 4.72. The number of benzene rings is 2.